The van der Waals surface area contributed by atoms with Gasteiger partial charge in [0.05, 0.1) is 13.2 Å². The van der Waals surface area contributed by atoms with Crippen LogP contribution in [0.4, 0.5) is 5.69 Å². The lowest BCUT2D eigenvalue weighted by atomic mass is 10.2. The van der Waals surface area contributed by atoms with Crippen molar-refractivity contribution in [2.45, 2.75) is 20.3 Å². The van der Waals surface area contributed by atoms with Crippen molar-refractivity contribution < 1.29 is 9.47 Å². The van der Waals surface area contributed by atoms with E-state index in [-0.39, 0.29) is 24.0 Å². The fraction of sp³-hybridized carbons (Fsp3) is 0.533. The molecule has 118 valence electrons. The average molecular weight is 405 g/mol. The summed E-state index contributed by atoms with van der Waals surface area (Å²) < 4.78 is 11.3. The number of halogens is 1. The van der Waals surface area contributed by atoms with Crippen LogP contribution in [-0.4, -0.2) is 32.8 Å². The smallest absolute Gasteiger partial charge is 0.195 e. The van der Waals surface area contributed by atoms with Gasteiger partial charge >= 0.3 is 0 Å². The van der Waals surface area contributed by atoms with Crippen LogP contribution in [0.25, 0.3) is 0 Å². The zero-order valence-electron chi connectivity index (χ0n) is 12.8. The molecule has 0 bridgehead atoms. The van der Waals surface area contributed by atoms with Crippen LogP contribution < -0.4 is 20.1 Å². The lowest BCUT2D eigenvalue weighted by molar-refractivity contribution is 0.297. The van der Waals surface area contributed by atoms with Gasteiger partial charge in [-0.3, -0.25) is 4.99 Å². The molecule has 1 aromatic carbocycles. The van der Waals surface area contributed by atoms with Crippen molar-refractivity contribution in [1.82, 2.24) is 5.32 Å². The first-order valence-electron chi connectivity index (χ1n) is 7.06. The summed E-state index contributed by atoms with van der Waals surface area (Å²) in [4.78, 5) is 4.21. The zero-order chi connectivity index (χ0) is 14.4. The maximum Gasteiger partial charge on any atom is 0.195 e. The molecule has 2 rings (SSSR count). The minimum atomic E-state index is 0. The summed E-state index contributed by atoms with van der Waals surface area (Å²) in [5.41, 5.74) is 0.936. The minimum Gasteiger partial charge on any atom is -0.490 e. The van der Waals surface area contributed by atoms with Crippen molar-refractivity contribution in [3.8, 4) is 11.5 Å². The third-order valence-corrected chi connectivity index (χ3v) is 2.91. The number of ether oxygens (including phenoxy) is 2. The predicted molar refractivity (Wildman–Crippen MR) is 97.3 cm³/mol. The zero-order valence-corrected chi connectivity index (χ0v) is 15.1. The third-order valence-electron chi connectivity index (χ3n) is 2.91. The summed E-state index contributed by atoms with van der Waals surface area (Å²) in [6, 6.07) is 5.84. The molecule has 0 radical (unpaired) electrons. The maximum absolute atomic E-state index is 5.68. The van der Waals surface area contributed by atoms with E-state index in [0.29, 0.717) is 19.1 Å². The predicted octanol–water partition coefficient (Wildman–Crippen LogP) is 3.11. The van der Waals surface area contributed by atoms with Crippen molar-refractivity contribution in [3.05, 3.63) is 18.2 Å². The first kappa shape index (κ1) is 17.9. The molecule has 0 unspecified atom stereocenters. The molecule has 0 aromatic heterocycles. The van der Waals surface area contributed by atoms with E-state index in [9.17, 15) is 0 Å². The van der Waals surface area contributed by atoms with Gasteiger partial charge in [-0.1, -0.05) is 13.8 Å². The standard InChI is InChI=1S/C15H23N3O2.HI/c1-11(2)10-17-15(16-3)18-12-5-6-13-14(9-12)20-8-4-7-19-13;/h5-6,9,11H,4,7-8,10H2,1-3H3,(H2,16,17,18);1H. The van der Waals surface area contributed by atoms with Gasteiger partial charge < -0.3 is 20.1 Å². The molecular weight excluding hydrogens is 381 g/mol. The molecule has 5 nitrogen and oxygen atoms in total. The Kier molecular flexibility index (Phi) is 7.63. The van der Waals surface area contributed by atoms with E-state index in [1.807, 2.05) is 18.2 Å². The molecule has 0 saturated heterocycles. The Balaban J connectivity index is 0.00000220. The highest BCUT2D eigenvalue weighted by atomic mass is 127. The molecule has 0 amide bonds. The van der Waals surface area contributed by atoms with E-state index in [0.717, 1.165) is 36.1 Å². The molecule has 6 heteroatoms. The van der Waals surface area contributed by atoms with Crippen molar-refractivity contribution in [3.63, 3.8) is 0 Å². The van der Waals surface area contributed by atoms with Gasteiger partial charge in [-0.05, 0) is 18.1 Å². The Bertz CT molecular complexity index is 478. The van der Waals surface area contributed by atoms with E-state index in [1.54, 1.807) is 7.05 Å². The number of benzene rings is 1. The molecule has 1 aromatic rings. The van der Waals surface area contributed by atoms with Crippen molar-refractivity contribution >= 4 is 35.6 Å². The molecular formula is C15H24IN3O2. The maximum atomic E-state index is 5.68. The van der Waals surface area contributed by atoms with Gasteiger partial charge in [-0.25, -0.2) is 0 Å². The minimum absolute atomic E-state index is 0. The summed E-state index contributed by atoms with van der Waals surface area (Å²) >= 11 is 0. The molecule has 1 aliphatic heterocycles. The van der Waals surface area contributed by atoms with Crippen LogP contribution in [0.5, 0.6) is 11.5 Å². The van der Waals surface area contributed by atoms with E-state index in [2.05, 4.69) is 29.5 Å². The van der Waals surface area contributed by atoms with Crippen molar-refractivity contribution in [2.24, 2.45) is 10.9 Å². The summed E-state index contributed by atoms with van der Waals surface area (Å²) in [5, 5.41) is 6.53. The van der Waals surface area contributed by atoms with Crippen LogP contribution in [0.3, 0.4) is 0 Å². The number of nitrogens with one attached hydrogen (secondary N) is 2. The number of nitrogens with zero attached hydrogens (tertiary/aromatic N) is 1. The number of hydrogen-bond donors (Lipinski definition) is 2. The lowest BCUT2D eigenvalue weighted by Gasteiger charge is -2.15. The highest BCUT2D eigenvalue weighted by Crippen LogP contribution is 2.32. The second-order valence-corrected chi connectivity index (χ2v) is 5.18. The Morgan fingerprint density at radius 3 is 2.62 bits per heavy atom. The number of anilines is 1. The molecule has 0 spiro atoms. The first-order valence-corrected chi connectivity index (χ1v) is 7.06. The Morgan fingerprint density at radius 1 is 1.24 bits per heavy atom. The van der Waals surface area contributed by atoms with Gasteiger partial charge in [-0.15, -0.1) is 24.0 Å². The number of hydrogen-bond acceptors (Lipinski definition) is 3. The summed E-state index contributed by atoms with van der Waals surface area (Å²) in [6.45, 7) is 6.60. The number of aliphatic imine (C=N–C) groups is 1. The SMILES string of the molecule is CN=C(NCC(C)C)Nc1ccc2c(c1)OCCCO2.I. The largest absolute Gasteiger partial charge is 0.490 e. The molecule has 2 N–H and O–H groups in total. The monoisotopic (exact) mass is 405 g/mol. The van der Waals surface area contributed by atoms with E-state index in [4.69, 9.17) is 9.47 Å². The number of rotatable bonds is 3. The Hall–Kier alpha value is -1.18. The second kappa shape index (κ2) is 8.96. The molecule has 1 aliphatic rings. The first-order chi connectivity index (χ1) is 9.69. The highest BCUT2D eigenvalue weighted by Gasteiger charge is 2.11. The number of guanidine groups is 1. The van der Waals surface area contributed by atoms with Gasteiger partial charge in [0, 0.05) is 31.8 Å². The van der Waals surface area contributed by atoms with Crippen LogP contribution in [0.2, 0.25) is 0 Å². The topological polar surface area (TPSA) is 54.9 Å². The molecule has 21 heavy (non-hydrogen) atoms. The molecule has 0 aliphatic carbocycles. The molecule has 1 heterocycles. The van der Waals surface area contributed by atoms with Gasteiger partial charge in [-0.2, -0.15) is 0 Å². The van der Waals surface area contributed by atoms with Crippen LogP contribution in [0, 0.1) is 5.92 Å². The van der Waals surface area contributed by atoms with Gasteiger partial charge in [0.25, 0.3) is 0 Å². The van der Waals surface area contributed by atoms with E-state index in [1.165, 1.54) is 0 Å². The van der Waals surface area contributed by atoms with E-state index >= 15 is 0 Å². The highest BCUT2D eigenvalue weighted by molar-refractivity contribution is 14.0. The molecule has 0 atom stereocenters. The van der Waals surface area contributed by atoms with Gasteiger partial charge in [0.15, 0.2) is 17.5 Å². The molecule has 0 fully saturated rings. The van der Waals surface area contributed by atoms with Gasteiger partial charge in [0.2, 0.25) is 0 Å². The van der Waals surface area contributed by atoms with Gasteiger partial charge in [0.1, 0.15) is 0 Å². The molecule has 0 saturated carbocycles. The normalized spacial score (nSPS) is 14.2. The van der Waals surface area contributed by atoms with Crippen LogP contribution >= 0.6 is 24.0 Å². The summed E-state index contributed by atoms with van der Waals surface area (Å²) in [5.74, 6) is 2.91. The summed E-state index contributed by atoms with van der Waals surface area (Å²) in [7, 11) is 1.76. The Morgan fingerprint density at radius 2 is 1.95 bits per heavy atom. The quantitative estimate of drug-likeness (QED) is 0.461. The van der Waals surface area contributed by atoms with Crippen molar-refractivity contribution in [1.29, 1.82) is 0 Å². The fourth-order valence-corrected chi connectivity index (χ4v) is 1.86. The van der Waals surface area contributed by atoms with Crippen molar-refractivity contribution in [2.75, 3.05) is 32.1 Å². The lowest BCUT2D eigenvalue weighted by Crippen LogP contribution is -2.33. The van der Waals surface area contributed by atoms with Crippen LogP contribution in [0.1, 0.15) is 20.3 Å². The Labute approximate surface area is 143 Å². The summed E-state index contributed by atoms with van der Waals surface area (Å²) in [6.07, 6.45) is 0.912. The second-order valence-electron chi connectivity index (χ2n) is 5.18. The van der Waals surface area contributed by atoms with Crippen LogP contribution in [0.15, 0.2) is 23.2 Å². The fourth-order valence-electron chi connectivity index (χ4n) is 1.86. The third kappa shape index (κ3) is 5.61. The van der Waals surface area contributed by atoms with Crippen LogP contribution in [-0.2, 0) is 0 Å². The average Bonchev–Trinajstić information content (AvgIpc) is 2.67. The number of fused-ring (bicyclic) bond motifs is 1. The van der Waals surface area contributed by atoms with E-state index < -0.39 is 0 Å².